The third-order valence-electron chi connectivity index (χ3n) is 8.31. The van der Waals surface area contributed by atoms with E-state index in [0.29, 0.717) is 13.1 Å². The van der Waals surface area contributed by atoms with Crippen LogP contribution in [-0.4, -0.2) is 45.4 Å². The SMILES string of the molecule is Cc1cc2c(cnn2-c2ccc(F)cc2)cc1C12CN(S(=O)(=O)c3cnn(C)c3)CC1C2c1ccccc1. The van der Waals surface area contributed by atoms with Gasteiger partial charge in [0.1, 0.15) is 10.7 Å². The predicted molar refractivity (Wildman–Crippen MR) is 142 cm³/mol. The molecule has 2 fully saturated rings. The molecule has 2 aromatic heterocycles. The number of piperidine rings is 1. The van der Waals surface area contributed by atoms with Gasteiger partial charge in [-0.1, -0.05) is 30.3 Å². The summed E-state index contributed by atoms with van der Waals surface area (Å²) >= 11 is 0. The summed E-state index contributed by atoms with van der Waals surface area (Å²) < 4.78 is 45.5. The Morgan fingerprint density at radius 2 is 1.76 bits per heavy atom. The molecule has 7 rings (SSSR count). The lowest BCUT2D eigenvalue weighted by Gasteiger charge is -2.25. The van der Waals surface area contributed by atoms with E-state index in [1.807, 2.05) is 29.1 Å². The number of rotatable bonds is 5. The standard InChI is InChI=1S/C29H26FN5O2S/c1-19-12-27-21(14-32-35(27)23-10-8-22(30)9-11-23)13-25(19)29-18-34(38(36,37)24-15-31-33(2)16-24)17-26(29)28(29)20-6-4-3-5-7-20/h3-16,26,28H,17-18H2,1-2H3. The quantitative estimate of drug-likeness (QED) is 0.336. The highest BCUT2D eigenvalue weighted by Crippen LogP contribution is 2.70. The van der Waals surface area contributed by atoms with Gasteiger partial charge in [-0.25, -0.2) is 17.5 Å². The van der Waals surface area contributed by atoms with Gasteiger partial charge in [0.15, 0.2) is 0 Å². The van der Waals surface area contributed by atoms with Crippen LogP contribution in [0.2, 0.25) is 0 Å². The smallest absolute Gasteiger partial charge is 0.246 e. The number of hydrogen-bond acceptors (Lipinski definition) is 4. The molecule has 2 aliphatic rings. The van der Waals surface area contributed by atoms with E-state index in [1.54, 1.807) is 29.7 Å². The zero-order valence-corrected chi connectivity index (χ0v) is 21.8. The van der Waals surface area contributed by atoms with Crippen molar-refractivity contribution in [3.63, 3.8) is 0 Å². The summed E-state index contributed by atoms with van der Waals surface area (Å²) in [4.78, 5) is 0.223. The van der Waals surface area contributed by atoms with Crippen LogP contribution in [0.5, 0.6) is 0 Å². The molecular weight excluding hydrogens is 501 g/mol. The lowest BCUT2D eigenvalue weighted by molar-refractivity contribution is 0.421. The van der Waals surface area contributed by atoms with Crippen molar-refractivity contribution in [1.29, 1.82) is 0 Å². The Bertz CT molecular complexity index is 1800. The van der Waals surface area contributed by atoms with Gasteiger partial charge in [-0.15, -0.1) is 0 Å². The number of hydrogen-bond donors (Lipinski definition) is 0. The molecule has 0 amide bonds. The van der Waals surface area contributed by atoms with Gasteiger partial charge in [0, 0.05) is 43.1 Å². The minimum atomic E-state index is -3.66. The van der Waals surface area contributed by atoms with Crippen molar-refractivity contribution < 1.29 is 12.8 Å². The van der Waals surface area contributed by atoms with Gasteiger partial charge in [-0.05, 0) is 65.9 Å². The van der Waals surface area contributed by atoms with Gasteiger partial charge in [-0.3, -0.25) is 4.68 Å². The minimum absolute atomic E-state index is 0.166. The molecular formula is C29H26FN5O2S. The number of aromatic nitrogens is 4. The summed E-state index contributed by atoms with van der Waals surface area (Å²) in [5.74, 6) is 0.105. The number of halogens is 1. The number of benzene rings is 3. The van der Waals surface area contributed by atoms with Crippen LogP contribution in [0.3, 0.4) is 0 Å². The molecule has 38 heavy (non-hydrogen) atoms. The second kappa shape index (κ2) is 8.09. The van der Waals surface area contributed by atoms with E-state index in [0.717, 1.165) is 27.7 Å². The molecule has 1 saturated heterocycles. The molecule has 3 heterocycles. The molecule has 1 aliphatic carbocycles. The van der Waals surface area contributed by atoms with Crippen molar-refractivity contribution >= 4 is 20.9 Å². The monoisotopic (exact) mass is 527 g/mol. The van der Waals surface area contributed by atoms with Crippen LogP contribution in [0, 0.1) is 18.7 Å². The molecule has 192 valence electrons. The molecule has 0 radical (unpaired) electrons. The maximum absolute atomic E-state index is 13.5. The summed E-state index contributed by atoms with van der Waals surface area (Å²) in [5.41, 5.74) is 4.87. The van der Waals surface area contributed by atoms with E-state index < -0.39 is 10.0 Å². The minimum Gasteiger partial charge on any atom is -0.274 e. The van der Waals surface area contributed by atoms with E-state index in [9.17, 15) is 12.8 Å². The predicted octanol–water partition coefficient (Wildman–Crippen LogP) is 4.56. The van der Waals surface area contributed by atoms with E-state index in [4.69, 9.17) is 0 Å². The Hall–Kier alpha value is -3.82. The highest BCUT2D eigenvalue weighted by Gasteiger charge is 2.71. The van der Waals surface area contributed by atoms with E-state index >= 15 is 0 Å². The average Bonchev–Trinajstić information content (AvgIpc) is 3.34. The number of aryl methyl sites for hydroxylation is 2. The molecule has 5 aromatic rings. The van der Waals surface area contributed by atoms with Crippen LogP contribution in [0.1, 0.15) is 22.6 Å². The Morgan fingerprint density at radius 1 is 1.00 bits per heavy atom. The highest BCUT2D eigenvalue weighted by molar-refractivity contribution is 7.89. The van der Waals surface area contributed by atoms with Gasteiger partial charge in [0.25, 0.3) is 0 Å². The number of nitrogens with zero attached hydrogens (tertiary/aromatic N) is 5. The Kier molecular flexibility index (Phi) is 4.96. The van der Waals surface area contributed by atoms with Crippen LogP contribution in [0.25, 0.3) is 16.6 Å². The third kappa shape index (κ3) is 3.31. The first kappa shape index (κ1) is 23.3. The normalized spacial score (nSPS) is 23.1. The van der Waals surface area contributed by atoms with Crippen molar-refractivity contribution in [3.8, 4) is 5.69 Å². The largest absolute Gasteiger partial charge is 0.274 e. The second-order valence-corrected chi connectivity index (χ2v) is 12.4. The molecule has 9 heteroatoms. The van der Waals surface area contributed by atoms with Gasteiger partial charge < -0.3 is 0 Å². The molecule has 0 N–H and O–H groups in total. The summed E-state index contributed by atoms with van der Waals surface area (Å²) in [5, 5.41) is 9.64. The van der Waals surface area contributed by atoms with Crippen LogP contribution in [0.15, 0.2) is 90.2 Å². The first-order valence-corrected chi connectivity index (χ1v) is 14.0. The Labute approximate surface area is 220 Å². The van der Waals surface area contributed by atoms with Crippen LogP contribution >= 0.6 is 0 Å². The molecule has 7 nitrogen and oxygen atoms in total. The fourth-order valence-corrected chi connectivity index (χ4v) is 8.06. The summed E-state index contributed by atoms with van der Waals surface area (Å²) in [7, 11) is -1.94. The molecule has 0 spiro atoms. The van der Waals surface area contributed by atoms with Crippen LogP contribution < -0.4 is 0 Å². The van der Waals surface area contributed by atoms with Crippen molar-refractivity contribution in [2.24, 2.45) is 13.0 Å². The summed E-state index contributed by atoms with van der Waals surface area (Å²) in [6.45, 7) is 2.96. The molecule has 3 atom stereocenters. The maximum atomic E-state index is 13.5. The number of sulfonamides is 1. The molecule has 3 unspecified atom stereocenters. The second-order valence-electron chi connectivity index (χ2n) is 10.4. The lowest BCUT2D eigenvalue weighted by Crippen LogP contribution is -2.34. The van der Waals surface area contributed by atoms with E-state index in [-0.39, 0.29) is 28.0 Å². The van der Waals surface area contributed by atoms with Crippen LogP contribution in [-0.2, 0) is 22.5 Å². The highest BCUT2D eigenvalue weighted by atomic mass is 32.2. The van der Waals surface area contributed by atoms with Gasteiger partial charge >= 0.3 is 0 Å². The average molecular weight is 528 g/mol. The van der Waals surface area contributed by atoms with Crippen molar-refractivity contribution in [1.82, 2.24) is 23.9 Å². The summed E-state index contributed by atoms with van der Waals surface area (Å²) in [6, 6.07) is 21.0. The van der Waals surface area contributed by atoms with Crippen molar-refractivity contribution in [2.45, 2.75) is 23.2 Å². The first-order chi connectivity index (χ1) is 18.3. The fourth-order valence-electron chi connectivity index (χ4n) is 6.55. The topological polar surface area (TPSA) is 73.0 Å². The maximum Gasteiger partial charge on any atom is 0.246 e. The molecule has 1 saturated carbocycles. The van der Waals surface area contributed by atoms with Crippen LogP contribution in [0.4, 0.5) is 4.39 Å². The molecule has 3 aromatic carbocycles. The molecule has 0 bridgehead atoms. The molecule has 1 aliphatic heterocycles. The zero-order valence-electron chi connectivity index (χ0n) is 21.0. The van der Waals surface area contributed by atoms with Gasteiger partial charge in [-0.2, -0.15) is 14.5 Å². The van der Waals surface area contributed by atoms with Gasteiger partial charge in [0.2, 0.25) is 10.0 Å². The van der Waals surface area contributed by atoms with E-state index in [2.05, 4.69) is 41.4 Å². The Balaban J connectivity index is 1.33. The fraction of sp³-hybridized carbons (Fsp3) is 0.241. The summed E-state index contributed by atoms with van der Waals surface area (Å²) in [6.07, 6.45) is 4.80. The van der Waals surface area contributed by atoms with Crippen molar-refractivity contribution in [3.05, 3.63) is 108 Å². The van der Waals surface area contributed by atoms with Gasteiger partial charge in [0.05, 0.1) is 23.6 Å². The zero-order chi connectivity index (χ0) is 26.2. The van der Waals surface area contributed by atoms with E-state index in [1.165, 1.54) is 28.6 Å². The number of fused-ring (bicyclic) bond motifs is 2. The Morgan fingerprint density at radius 3 is 2.47 bits per heavy atom. The first-order valence-electron chi connectivity index (χ1n) is 12.6. The third-order valence-corrected chi connectivity index (χ3v) is 10.1. The lowest BCUT2D eigenvalue weighted by atomic mass is 9.87. The van der Waals surface area contributed by atoms with Crippen molar-refractivity contribution in [2.75, 3.05) is 13.1 Å².